The number of rotatable bonds is 4. The summed E-state index contributed by atoms with van der Waals surface area (Å²) in [4.78, 5) is 25.8. The Morgan fingerprint density at radius 2 is 1.61 bits per heavy atom. The summed E-state index contributed by atoms with van der Waals surface area (Å²) in [6, 6.07) is 21.6. The standard InChI is InChI=1S/C22H14Cl2N2O2/c23-15-9-10-18(24)19(12-15)25-22(28)21(27)20-17(14-6-2-1-3-7-14)13-16-8-4-5-11-26(16)20/h1-13H,(H,25,28). The second-order valence-corrected chi connectivity index (χ2v) is 7.02. The molecule has 2 aromatic carbocycles. The Hall–Kier alpha value is -3.08. The molecule has 0 aliphatic heterocycles. The maximum Gasteiger partial charge on any atom is 0.298 e. The third kappa shape index (κ3) is 3.40. The minimum Gasteiger partial charge on any atom is -0.318 e. The highest BCUT2D eigenvalue weighted by Crippen LogP contribution is 2.29. The Labute approximate surface area is 171 Å². The van der Waals surface area contributed by atoms with E-state index in [-0.39, 0.29) is 11.4 Å². The molecule has 0 fully saturated rings. The van der Waals surface area contributed by atoms with Gasteiger partial charge in [-0.1, -0.05) is 59.6 Å². The number of benzene rings is 2. The fourth-order valence-electron chi connectivity index (χ4n) is 3.07. The fraction of sp³-hybridized carbons (Fsp3) is 0. The number of ketones is 1. The molecule has 4 nitrogen and oxygen atoms in total. The number of Topliss-reactive ketones (excluding diaryl/α,β-unsaturated/α-hetero) is 1. The van der Waals surface area contributed by atoms with Crippen molar-refractivity contribution < 1.29 is 9.59 Å². The molecule has 0 aliphatic rings. The largest absolute Gasteiger partial charge is 0.318 e. The smallest absolute Gasteiger partial charge is 0.298 e. The number of hydrogen-bond donors (Lipinski definition) is 1. The molecule has 4 aromatic rings. The molecule has 0 saturated heterocycles. The first-order valence-electron chi connectivity index (χ1n) is 8.51. The summed E-state index contributed by atoms with van der Waals surface area (Å²) in [7, 11) is 0. The second-order valence-electron chi connectivity index (χ2n) is 6.18. The highest BCUT2D eigenvalue weighted by atomic mass is 35.5. The van der Waals surface area contributed by atoms with Gasteiger partial charge in [0.1, 0.15) is 5.69 Å². The summed E-state index contributed by atoms with van der Waals surface area (Å²) >= 11 is 12.1. The zero-order valence-electron chi connectivity index (χ0n) is 14.5. The lowest BCUT2D eigenvalue weighted by Crippen LogP contribution is -2.24. The first-order chi connectivity index (χ1) is 13.5. The molecule has 1 amide bonds. The number of nitrogens with zero attached hydrogens (tertiary/aromatic N) is 1. The molecule has 0 radical (unpaired) electrons. The molecule has 0 atom stereocenters. The molecule has 138 valence electrons. The van der Waals surface area contributed by atoms with Crippen LogP contribution in [0, 0.1) is 0 Å². The lowest BCUT2D eigenvalue weighted by atomic mass is 10.0. The van der Waals surface area contributed by atoms with Crippen molar-refractivity contribution in [2.24, 2.45) is 0 Å². The van der Waals surface area contributed by atoms with Crippen molar-refractivity contribution in [3.63, 3.8) is 0 Å². The van der Waals surface area contributed by atoms with E-state index in [0.29, 0.717) is 15.6 Å². The average Bonchev–Trinajstić information content (AvgIpc) is 3.10. The molecular weight excluding hydrogens is 395 g/mol. The Morgan fingerprint density at radius 1 is 0.857 bits per heavy atom. The summed E-state index contributed by atoms with van der Waals surface area (Å²) in [6.45, 7) is 0. The predicted molar refractivity (Wildman–Crippen MR) is 112 cm³/mol. The van der Waals surface area contributed by atoms with E-state index in [1.165, 1.54) is 6.07 Å². The number of aromatic nitrogens is 1. The average molecular weight is 409 g/mol. The lowest BCUT2D eigenvalue weighted by Gasteiger charge is -2.09. The van der Waals surface area contributed by atoms with Crippen LogP contribution >= 0.6 is 23.2 Å². The SMILES string of the molecule is O=C(Nc1cc(Cl)ccc1Cl)C(=O)c1c(-c2ccccc2)cc2ccccn12. The number of pyridine rings is 1. The van der Waals surface area contributed by atoms with Crippen LogP contribution in [0.15, 0.2) is 79.0 Å². The zero-order chi connectivity index (χ0) is 19.7. The monoisotopic (exact) mass is 408 g/mol. The highest BCUT2D eigenvalue weighted by Gasteiger charge is 2.25. The van der Waals surface area contributed by atoms with Gasteiger partial charge in [0.15, 0.2) is 0 Å². The zero-order valence-corrected chi connectivity index (χ0v) is 16.0. The van der Waals surface area contributed by atoms with E-state index in [1.54, 1.807) is 22.7 Å². The Kier molecular flexibility index (Phi) is 4.90. The quantitative estimate of drug-likeness (QED) is 0.346. The van der Waals surface area contributed by atoms with Crippen LogP contribution in [0.1, 0.15) is 10.5 Å². The number of amides is 1. The van der Waals surface area contributed by atoms with Gasteiger partial charge in [0, 0.05) is 22.3 Å². The second kappa shape index (κ2) is 7.50. The van der Waals surface area contributed by atoms with E-state index in [2.05, 4.69) is 5.32 Å². The van der Waals surface area contributed by atoms with Crippen molar-refractivity contribution in [3.05, 3.63) is 94.7 Å². The van der Waals surface area contributed by atoms with Crippen LogP contribution in [-0.2, 0) is 4.79 Å². The summed E-state index contributed by atoms with van der Waals surface area (Å²) in [6.07, 6.45) is 1.76. The maximum absolute atomic E-state index is 13.1. The molecule has 0 aliphatic carbocycles. The first kappa shape index (κ1) is 18.3. The molecular formula is C22H14Cl2N2O2. The Morgan fingerprint density at radius 3 is 2.39 bits per heavy atom. The normalized spacial score (nSPS) is 10.8. The van der Waals surface area contributed by atoms with E-state index >= 15 is 0 Å². The van der Waals surface area contributed by atoms with Gasteiger partial charge in [0.25, 0.3) is 11.7 Å². The summed E-state index contributed by atoms with van der Waals surface area (Å²) in [5, 5.41) is 3.27. The Balaban J connectivity index is 1.78. The summed E-state index contributed by atoms with van der Waals surface area (Å²) in [5.41, 5.74) is 2.93. The summed E-state index contributed by atoms with van der Waals surface area (Å²) in [5.74, 6) is -1.45. The molecule has 2 heterocycles. The van der Waals surface area contributed by atoms with Gasteiger partial charge in [-0.3, -0.25) is 9.59 Å². The van der Waals surface area contributed by atoms with Crippen LogP contribution in [0.3, 0.4) is 0 Å². The van der Waals surface area contributed by atoms with Crippen molar-refractivity contribution >= 4 is 46.1 Å². The van der Waals surface area contributed by atoms with Crippen LogP contribution in [0.5, 0.6) is 0 Å². The third-order valence-corrected chi connectivity index (χ3v) is 4.93. The molecule has 2 aromatic heterocycles. The molecule has 6 heteroatoms. The van der Waals surface area contributed by atoms with Gasteiger partial charge in [-0.05, 0) is 42.0 Å². The van der Waals surface area contributed by atoms with Gasteiger partial charge in [0.05, 0.1) is 10.7 Å². The molecule has 0 spiro atoms. The van der Waals surface area contributed by atoms with Crippen molar-refractivity contribution in [1.82, 2.24) is 4.40 Å². The maximum atomic E-state index is 13.1. The van der Waals surface area contributed by atoms with Gasteiger partial charge >= 0.3 is 0 Å². The molecule has 4 rings (SSSR count). The number of hydrogen-bond acceptors (Lipinski definition) is 2. The topological polar surface area (TPSA) is 50.6 Å². The van der Waals surface area contributed by atoms with Crippen molar-refractivity contribution in [2.75, 3.05) is 5.32 Å². The molecule has 0 saturated carbocycles. The van der Waals surface area contributed by atoms with E-state index in [1.807, 2.05) is 54.6 Å². The third-order valence-electron chi connectivity index (χ3n) is 4.36. The number of nitrogens with one attached hydrogen (secondary N) is 1. The number of halogens is 2. The predicted octanol–water partition coefficient (Wildman–Crippen LogP) is 5.73. The van der Waals surface area contributed by atoms with Crippen molar-refractivity contribution in [2.45, 2.75) is 0 Å². The highest BCUT2D eigenvalue weighted by molar-refractivity contribution is 6.48. The fourth-order valence-corrected chi connectivity index (χ4v) is 3.41. The van der Waals surface area contributed by atoms with Crippen molar-refractivity contribution in [3.8, 4) is 11.1 Å². The van der Waals surface area contributed by atoms with Crippen molar-refractivity contribution in [1.29, 1.82) is 0 Å². The molecule has 1 N–H and O–H groups in total. The number of fused-ring (bicyclic) bond motifs is 1. The van der Waals surface area contributed by atoms with E-state index in [0.717, 1.165) is 11.1 Å². The molecule has 28 heavy (non-hydrogen) atoms. The van der Waals surface area contributed by atoms with Gasteiger partial charge in [-0.25, -0.2) is 0 Å². The lowest BCUT2D eigenvalue weighted by molar-refractivity contribution is -0.112. The number of anilines is 1. The number of carbonyl (C=O) groups is 2. The summed E-state index contributed by atoms with van der Waals surface area (Å²) < 4.78 is 1.71. The van der Waals surface area contributed by atoms with Crippen LogP contribution in [0.25, 0.3) is 16.6 Å². The van der Waals surface area contributed by atoms with Gasteiger partial charge in [0.2, 0.25) is 0 Å². The first-order valence-corrected chi connectivity index (χ1v) is 9.26. The van der Waals surface area contributed by atoms with E-state index in [4.69, 9.17) is 23.2 Å². The van der Waals surface area contributed by atoms with E-state index < -0.39 is 11.7 Å². The van der Waals surface area contributed by atoms with Gasteiger partial charge < -0.3 is 9.72 Å². The van der Waals surface area contributed by atoms with E-state index in [9.17, 15) is 9.59 Å². The molecule has 0 unspecified atom stereocenters. The molecule has 0 bridgehead atoms. The number of carbonyl (C=O) groups excluding carboxylic acids is 2. The Bertz CT molecular complexity index is 1200. The van der Waals surface area contributed by atoms with Gasteiger partial charge in [-0.15, -0.1) is 0 Å². The van der Waals surface area contributed by atoms with Gasteiger partial charge in [-0.2, -0.15) is 0 Å². The van der Waals surface area contributed by atoms with Crippen LogP contribution < -0.4 is 5.32 Å². The minimum atomic E-state index is -0.787. The van der Waals surface area contributed by atoms with Crippen LogP contribution in [0.4, 0.5) is 5.69 Å². The van der Waals surface area contributed by atoms with Crippen LogP contribution in [0.2, 0.25) is 10.0 Å². The van der Waals surface area contributed by atoms with Crippen LogP contribution in [-0.4, -0.2) is 16.1 Å². The minimum absolute atomic E-state index is 0.287.